The van der Waals surface area contributed by atoms with Gasteiger partial charge in [-0.2, -0.15) is 10.4 Å². The third-order valence-corrected chi connectivity index (χ3v) is 3.66. The minimum absolute atomic E-state index is 0.125. The minimum atomic E-state index is -0.201. The Bertz CT molecular complexity index is 1050. The molecule has 1 N–H and O–H groups in total. The van der Waals surface area contributed by atoms with E-state index in [1.807, 2.05) is 38.1 Å². The van der Waals surface area contributed by atoms with Gasteiger partial charge in [-0.05, 0) is 37.6 Å². The fourth-order valence-corrected chi connectivity index (χ4v) is 2.39. The van der Waals surface area contributed by atoms with Gasteiger partial charge < -0.3 is 4.98 Å². The second-order valence-corrected chi connectivity index (χ2v) is 5.82. The number of aromatic nitrogens is 4. The molecule has 1 aromatic carbocycles. The van der Waals surface area contributed by atoms with E-state index in [4.69, 9.17) is 5.26 Å². The van der Waals surface area contributed by atoms with Crippen molar-refractivity contribution in [2.45, 2.75) is 19.9 Å². The van der Waals surface area contributed by atoms with Crippen LogP contribution in [0.25, 0.3) is 23.2 Å². The van der Waals surface area contributed by atoms with Gasteiger partial charge in [-0.25, -0.2) is 9.67 Å². The highest BCUT2D eigenvalue weighted by molar-refractivity contribution is 5.74. The van der Waals surface area contributed by atoms with Crippen molar-refractivity contribution in [1.82, 2.24) is 19.7 Å². The van der Waals surface area contributed by atoms with Crippen LogP contribution < -0.4 is 5.56 Å². The number of fused-ring (bicyclic) bond motifs is 1. The summed E-state index contributed by atoms with van der Waals surface area (Å²) in [5.74, 6) is 0.476. The zero-order chi connectivity index (χ0) is 17.8. The summed E-state index contributed by atoms with van der Waals surface area (Å²) in [5.41, 5.74) is 1.99. The first-order valence-corrected chi connectivity index (χ1v) is 7.91. The molecule has 0 amide bonds. The molecule has 0 radical (unpaired) electrons. The molecule has 0 aliphatic carbocycles. The Morgan fingerprint density at radius 1 is 1.20 bits per heavy atom. The maximum Gasteiger partial charge on any atom is 0.262 e. The first kappa shape index (κ1) is 16.4. The van der Waals surface area contributed by atoms with E-state index in [1.54, 1.807) is 35.2 Å². The van der Waals surface area contributed by atoms with Gasteiger partial charge in [0.1, 0.15) is 11.2 Å². The molecule has 0 aliphatic rings. The standard InChI is InChI=1S/C19H17N5O/c1-13(2)24-18-16(12-21-24)19(25)23-17(22-18)6-4-3-5-14-7-9-15(11-20)10-8-14/h3-10,12-13H,1-2H3,(H,22,23,25)/b5-3+,6-4+. The summed E-state index contributed by atoms with van der Waals surface area (Å²) in [7, 11) is 0. The van der Waals surface area contributed by atoms with Crippen LogP contribution in [-0.2, 0) is 0 Å². The second kappa shape index (κ2) is 6.97. The lowest BCUT2D eigenvalue weighted by atomic mass is 10.1. The number of nitrogens with one attached hydrogen (secondary N) is 1. The summed E-state index contributed by atoms with van der Waals surface area (Å²) in [6.07, 6.45) is 8.84. The Morgan fingerprint density at radius 3 is 2.60 bits per heavy atom. The maximum atomic E-state index is 12.1. The summed E-state index contributed by atoms with van der Waals surface area (Å²) in [6, 6.07) is 9.49. The van der Waals surface area contributed by atoms with Gasteiger partial charge in [-0.3, -0.25) is 4.79 Å². The lowest BCUT2D eigenvalue weighted by molar-refractivity contribution is 0.546. The molecule has 6 heteroatoms. The summed E-state index contributed by atoms with van der Waals surface area (Å²) in [4.78, 5) is 19.3. The van der Waals surface area contributed by atoms with Crippen LogP contribution in [0.4, 0.5) is 0 Å². The third kappa shape index (κ3) is 3.56. The lowest BCUT2D eigenvalue weighted by Gasteiger charge is -2.05. The van der Waals surface area contributed by atoms with Crippen molar-refractivity contribution in [3.63, 3.8) is 0 Å². The zero-order valence-corrected chi connectivity index (χ0v) is 14.0. The zero-order valence-electron chi connectivity index (χ0n) is 14.0. The van der Waals surface area contributed by atoms with E-state index in [2.05, 4.69) is 21.1 Å². The average Bonchev–Trinajstić information content (AvgIpc) is 3.04. The Morgan fingerprint density at radius 2 is 1.92 bits per heavy atom. The number of nitrogens with zero attached hydrogens (tertiary/aromatic N) is 4. The molecular weight excluding hydrogens is 314 g/mol. The van der Waals surface area contributed by atoms with Crippen LogP contribution in [-0.4, -0.2) is 19.7 Å². The van der Waals surface area contributed by atoms with Crippen LogP contribution >= 0.6 is 0 Å². The highest BCUT2D eigenvalue weighted by atomic mass is 16.1. The quantitative estimate of drug-likeness (QED) is 0.743. The Balaban J connectivity index is 1.83. The Kier molecular flexibility index (Phi) is 4.57. The summed E-state index contributed by atoms with van der Waals surface area (Å²) < 4.78 is 1.73. The molecule has 0 saturated heterocycles. The van der Waals surface area contributed by atoms with E-state index < -0.39 is 0 Å². The predicted molar refractivity (Wildman–Crippen MR) is 97.8 cm³/mol. The van der Waals surface area contributed by atoms with E-state index in [0.29, 0.717) is 22.4 Å². The van der Waals surface area contributed by atoms with Crippen LogP contribution in [0.2, 0.25) is 0 Å². The smallest absolute Gasteiger partial charge is 0.262 e. The molecule has 25 heavy (non-hydrogen) atoms. The SMILES string of the molecule is CC(C)n1ncc2c(=O)[nH]c(/C=C/C=C/c3ccc(C#N)cc3)nc21. The van der Waals surface area contributed by atoms with Crippen LogP contribution in [0.5, 0.6) is 0 Å². The average molecular weight is 331 g/mol. The number of aromatic amines is 1. The summed E-state index contributed by atoms with van der Waals surface area (Å²) in [5, 5.41) is 13.5. The molecule has 124 valence electrons. The van der Waals surface area contributed by atoms with Crippen molar-refractivity contribution in [3.05, 3.63) is 69.9 Å². The van der Waals surface area contributed by atoms with E-state index in [1.165, 1.54) is 0 Å². The fraction of sp³-hybridized carbons (Fsp3) is 0.158. The van der Waals surface area contributed by atoms with Crippen molar-refractivity contribution in [3.8, 4) is 6.07 Å². The van der Waals surface area contributed by atoms with Crippen molar-refractivity contribution < 1.29 is 0 Å². The summed E-state index contributed by atoms with van der Waals surface area (Å²) in [6.45, 7) is 3.98. The first-order chi connectivity index (χ1) is 12.1. The fourth-order valence-electron chi connectivity index (χ4n) is 2.39. The molecule has 2 aromatic heterocycles. The Labute approximate surface area is 144 Å². The molecule has 0 atom stereocenters. The van der Waals surface area contributed by atoms with Gasteiger partial charge in [-0.1, -0.05) is 30.4 Å². The molecule has 6 nitrogen and oxygen atoms in total. The van der Waals surface area contributed by atoms with Gasteiger partial charge >= 0.3 is 0 Å². The first-order valence-electron chi connectivity index (χ1n) is 7.91. The highest BCUT2D eigenvalue weighted by Crippen LogP contribution is 2.12. The highest BCUT2D eigenvalue weighted by Gasteiger charge is 2.10. The molecule has 0 saturated carbocycles. The number of nitriles is 1. The van der Waals surface area contributed by atoms with Crippen LogP contribution in [0, 0.1) is 11.3 Å². The number of hydrogen-bond acceptors (Lipinski definition) is 4. The van der Waals surface area contributed by atoms with E-state index in [9.17, 15) is 4.79 Å². The third-order valence-electron chi connectivity index (χ3n) is 3.66. The lowest BCUT2D eigenvalue weighted by Crippen LogP contribution is -2.11. The van der Waals surface area contributed by atoms with Gasteiger partial charge in [0.05, 0.1) is 17.8 Å². The molecule has 0 fully saturated rings. The number of H-pyrrole nitrogens is 1. The van der Waals surface area contributed by atoms with Gasteiger partial charge in [0.2, 0.25) is 0 Å². The molecule has 3 aromatic rings. The van der Waals surface area contributed by atoms with Gasteiger partial charge in [0.25, 0.3) is 5.56 Å². The van der Waals surface area contributed by atoms with Gasteiger partial charge in [0.15, 0.2) is 5.65 Å². The van der Waals surface area contributed by atoms with E-state index in [0.717, 1.165) is 5.56 Å². The molecule has 0 spiro atoms. The molecular formula is C19H17N5O. The van der Waals surface area contributed by atoms with Crippen molar-refractivity contribution in [2.24, 2.45) is 0 Å². The van der Waals surface area contributed by atoms with Crippen LogP contribution in [0.15, 0.2) is 47.4 Å². The molecule has 2 heterocycles. The van der Waals surface area contributed by atoms with Gasteiger partial charge in [0, 0.05) is 6.04 Å². The van der Waals surface area contributed by atoms with Crippen molar-refractivity contribution in [1.29, 1.82) is 5.26 Å². The largest absolute Gasteiger partial charge is 0.306 e. The van der Waals surface area contributed by atoms with Crippen molar-refractivity contribution in [2.75, 3.05) is 0 Å². The van der Waals surface area contributed by atoms with Crippen LogP contribution in [0.1, 0.15) is 36.8 Å². The maximum absolute atomic E-state index is 12.1. The normalized spacial score (nSPS) is 11.8. The molecule has 0 bridgehead atoms. The Hall–Kier alpha value is -3.46. The molecule has 3 rings (SSSR count). The van der Waals surface area contributed by atoms with Gasteiger partial charge in [-0.15, -0.1) is 0 Å². The number of hydrogen-bond donors (Lipinski definition) is 1. The van der Waals surface area contributed by atoms with E-state index >= 15 is 0 Å². The number of rotatable bonds is 4. The predicted octanol–water partition coefficient (Wildman–Crippen LogP) is 3.30. The van der Waals surface area contributed by atoms with Crippen molar-refractivity contribution >= 4 is 23.2 Å². The molecule has 0 unspecified atom stereocenters. The monoisotopic (exact) mass is 331 g/mol. The second-order valence-electron chi connectivity index (χ2n) is 5.82. The molecule has 0 aliphatic heterocycles. The van der Waals surface area contributed by atoms with E-state index in [-0.39, 0.29) is 11.6 Å². The number of benzene rings is 1. The summed E-state index contributed by atoms with van der Waals surface area (Å²) >= 11 is 0. The minimum Gasteiger partial charge on any atom is -0.306 e. The van der Waals surface area contributed by atoms with Crippen LogP contribution in [0.3, 0.4) is 0 Å². The topological polar surface area (TPSA) is 87.4 Å². The number of allylic oxidation sites excluding steroid dienone is 2.